The van der Waals surface area contributed by atoms with Crippen LogP contribution in [-0.2, 0) is 0 Å². The van der Waals surface area contributed by atoms with Gasteiger partial charge in [0, 0.05) is 22.9 Å². The van der Waals surface area contributed by atoms with Gasteiger partial charge in [-0.05, 0) is 50.6 Å². The molecule has 1 aromatic carbocycles. The highest BCUT2D eigenvalue weighted by molar-refractivity contribution is 6.29. The maximum Gasteiger partial charge on any atom is 0.356 e. The number of aryl methyl sites for hydroxylation is 1. The van der Waals surface area contributed by atoms with Gasteiger partial charge in [-0.15, -0.1) is 0 Å². The number of pyridine rings is 2. The van der Waals surface area contributed by atoms with Gasteiger partial charge in [-0.1, -0.05) is 17.7 Å². The number of carbonyl (C=O) groups is 1. The minimum Gasteiger partial charge on any atom is -0.476 e. The fourth-order valence-corrected chi connectivity index (χ4v) is 3.87. The number of hydrogen-bond donors (Lipinski definition) is 2. The molecule has 4 aromatic rings. The number of nitrogens with zero attached hydrogens (tertiary/aromatic N) is 2. The molecule has 3 aromatic heterocycles. The van der Waals surface area contributed by atoms with E-state index in [1.54, 1.807) is 19.9 Å². The smallest absolute Gasteiger partial charge is 0.356 e. The number of aromatic carboxylic acids is 1. The summed E-state index contributed by atoms with van der Waals surface area (Å²) in [6, 6.07) is 7.35. The maximum atomic E-state index is 13.8. The Morgan fingerprint density at radius 2 is 1.97 bits per heavy atom. The summed E-state index contributed by atoms with van der Waals surface area (Å²) >= 11 is 5.85. The van der Waals surface area contributed by atoms with Crippen molar-refractivity contribution in [3.8, 4) is 11.3 Å². The molecule has 168 valence electrons. The van der Waals surface area contributed by atoms with Crippen molar-refractivity contribution in [2.24, 2.45) is 0 Å². The predicted molar refractivity (Wildman–Crippen MR) is 123 cm³/mol. The molecule has 0 fully saturated rings. The predicted octanol–water partition coefficient (Wildman–Crippen LogP) is 5.53. The summed E-state index contributed by atoms with van der Waals surface area (Å²) in [6.45, 7) is 5.27. The van der Waals surface area contributed by atoms with Crippen molar-refractivity contribution in [2.45, 2.75) is 26.8 Å². The Morgan fingerprint density at radius 1 is 1.21 bits per heavy atom. The highest BCUT2D eigenvalue weighted by Crippen LogP contribution is 2.32. The molecule has 33 heavy (non-hydrogen) atoms. The molecular formula is C24H19ClFN3O4. The first-order valence-electron chi connectivity index (χ1n) is 10.0. The van der Waals surface area contributed by atoms with Crippen LogP contribution in [0.2, 0.25) is 5.15 Å². The molecule has 0 bridgehead atoms. The van der Waals surface area contributed by atoms with E-state index in [0.29, 0.717) is 27.7 Å². The zero-order valence-electron chi connectivity index (χ0n) is 17.9. The van der Waals surface area contributed by atoms with Crippen LogP contribution in [0.25, 0.3) is 22.3 Å². The van der Waals surface area contributed by atoms with E-state index in [-0.39, 0.29) is 27.7 Å². The number of anilines is 1. The van der Waals surface area contributed by atoms with E-state index in [1.807, 2.05) is 13.0 Å². The minimum atomic E-state index is -1.23. The number of nitrogens with one attached hydrogen (secondary N) is 1. The third kappa shape index (κ3) is 4.29. The van der Waals surface area contributed by atoms with Crippen LogP contribution < -0.4 is 10.7 Å². The highest BCUT2D eigenvalue weighted by Gasteiger charge is 2.21. The van der Waals surface area contributed by atoms with E-state index in [0.717, 1.165) is 11.8 Å². The molecule has 2 N–H and O–H groups in total. The molecule has 0 spiro atoms. The molecule has 0 unspecified atom stereocenters. The van der Waals surface area contributed by atoms with Crippen LogP contribution in [0.4, 0.5) is 10.1 Å². The normalized spacial score (nSPS) is 12.0. The fourth-order valence-electron chi connectivity index (χ4n) is 3.73. The number of halogens is 2. The van der Waals surface area contributed by atoms with Crippen LogP contribution in [0.3, 0.4) is 0 Å². The van der Waals surface area contributed by atoms with Crippen molar-refractivity contribution in [3.63, 3.8) is 0 Å². The zero-order valence-corrected chi connectivity index (χ0v) is 18.7. The molecule has 0 saturated heterocycles. The molecule has 0 amide bonds. The van der Waals surface area contributed by atoms with Crippen molar-refractivity contribution >= 4 is 34.2 Å². The molecule has 7 nitrogen and oxygen atoms in total. The van der Waals surface area contributed by atoms with Gasteiger partial charge in [0.25, 0.3) is 0 Å². The second-order valence-electron chi connectivity index (χ2n) is 7.71. The summed E-state index contributed by atoms with van der Waals surface area (Å²) in [5, 5.41) is 13.0. The van der Waals surface area contributed by atoms with Gasteiger partial charge in [0.05, 0.1) is 23.3 Å². The number of hydrogen-bond acceptors (Lipinski definition) is 6. The monoisotopic (exact) mass is 467 g/mol. The molecule has 0 radical (unpaired) electrons. The quantitative estimate of drug-likeness (QED) is 0.372. The number of rotatable bonds is 5. The molecule has 0 saturated carbocycles. The second kappa shape index (κ2) is 8.63. The number of benzene rings is 1. The lowest BCUT2D eigenvalue weighted by atomic mass is 9.99. The van der Waals surface area contributed by atoms with Crippen LogP contribution in [0, 0.1) is 19.7 Å². The Balaban J connectivity index is 1.89. The lowest BCUT2D eigenvalue weighted by Crippen LogP contribution is -2.14. The standard InChI is InChI=1S/C24H19ClFN3O4/c1-11-6-16(13(3)28-18-4-5-19(25)29-20(18)24(31)32)23-17(7-11)21(30)12(2)22(33-23)14-8-15(26)10-27-9-14/h4-10,13,28H,1-3H3,(H,31,32)/t13-/m1/s1. The van der Waals surface area contributed by atoms with Crippen molar-refractivity contribution in [3.05, 3.63) is 86.3 Å². The van der Waals surface area contributed by atoms with Gasteiger partial charge in [-0.3, -0.25) is 9.78 Å². The molecule has 3 heterocycles. The number of carboxylic acids is 1. The topological polar surface area (TPSA) is 105 Å². The molecule has 9 heteroatoms. The molecule has 4 rings (SSSR count). The highest BCUT2D eigenvalue weighted by atomic mass is 35.5. The summed E-state index contributed by atoms with van der Waals surface area (Å²) in [7, 11) is 0. The van der Waals surface area contributed by atoms with Gasteiger partial charge in [0.2, 0.25) is 0 Å². The first kappa shape index (κ1) is 22.4. The molecule has 0 aliphatic heterocycles. The Morgan fingerprint density at radius 3 is 2.67 bits per heavy atom. The van der Waals surface area contributed by atoms with E-state index < -0.39 is 17.8 Å². The Labute approximate surface area is 192 Å². The molecule has 0 aliphatic rings. The van der Waals surface area contributed by atoms with E-state index >= 15 is 0 Å². The van der Waals surface area contributed by atoms with Crippen molar-refractivity contribution in [1.29, 1.82) is 0 Å². The molecule has 0 aliphatic carbocycles. The first-order chi connectivity index (χ1) is 15.7. The van der Waals surface area contributed by atoms with E-state index in [9.17, 15) is 19.1 Å². The summed E-state index contributed by atoms with van der Waals surface area (Å²) in [6.07, 6.45) is 2.49. The van der Waals surface area contributed by atoms with Crippen LogP contribution in [0.15, 0.2) is 51.9 Å². The van der Waals surface area contributed by atoms with Crippen LogP contribution >= 0.6 is 11.6 Å². The van der Waals surface area contributed by atoms with E-state index in [2.05, 4.69) is 15.3 Å². The van der Waals surface area contributed by atoms with Gasteiger partial charge < -0.3 is 14.8 Å². The molecule has 1 atom stereocenters. The summed E-state index contributed by atoms with van der Waals surface area (Å²) in [5.41, 5.74) is 2.23. The van der Waals surface area contributed by atoms with Gasteiger partial charge >= 0.3 is 5.97 Å². The third-order valence-electron chi connectivity index (χ3n) is 5.26. The van der Waals surface area contributed by atoms with Crippen LogP contribution in [0.1, 0.15) is 40.1 Å². The maximum absolute atomic E-state index is 13.8. The number of carboxylic acid groups (broad SMARTS) is 1. The SMILES string of the molecule is Cc1cc([C@@H](C)Nc2ccc(Cl)nc2C(=O)O)c2oc(-c3cncc(F)c3)c(C)c(=O)c2c1. The summed E-state index contributed by atoms with van der Waals surface area (Å²) < 4.78 is 19.9. The lowest BCUT2D eigenvalue weighted by molar-refractivity contribution is 0.0691. The van der Waals surface area contributed by atoms with Gasteiger partial charge in [0.1, 0.15) is 22.3 Å². The van der Waals surface area contributed by atoms with Crippen molar-refractivity contribution < 1.29 is 18.7 Å². The third-order valence-corrected chi connectivity index (χ3v) is 5.47. The number of aromatic nitrogens is 2. The van der Waals surface area contributed by atoms with Crippen molar-refractivity contribution in [2.75, 3.05) is 5.32 Å². The Hall–Kier alpha value is -3.78. The average Bonchev–Trinajstić information content (AvgIpc) is 2.77. The van der Waals surface area contributed by atoms with E-state index in [4.69, 9.17) is 16.0 Å². The molecular weight excluding hydrogens is 449 g/mol. The summed E-state index contributed by atoms with van der Waals surface area (Å²) in [5.74, 6) is -1.56. The minimum absolute atomic E-state index is 0.0569. The van der Waals surface area contributed by atoms with Crippen LogP contribution in [-0.4, -0.2) is 21.0 Å². The van der Waals surface area contributed by atoms with Gasteiger partial charge in [-0.2, -0.15) is 0 Å². The fraction of sp³-hybridized carbons (Fsp3) is 0.167. The average molecular weight is 468 g/mol. The van der Waals surface area contributed by atoms with Crippen LogP contribution in [0.5, 0.6) is 0 Å². The first-order valence-corrected chi connectivity index (χ1v) is 10.4. The zero-order chi connectivity index (χ0) is 23.9. The second-order valence-corrected chi connectivity index (χ2v) is 8.10. The van der Waals surface area contributed by atoms with E-state index in [1.165, 1.54) is 24.4 Å². The van der Waals surface area contributed by atoms with Crippen molar-refractivity contribution in [1.82, 2.24) is 9.97 Å². The van der Waals surface area contributed by atoms with Gasteiger partial charge in [-0.25, -0.2) is 14.2 Å². The van der Waals surface area contributed by atoms with Gasteiger partial charge in [0.15, 0.2) is 11.1 Å². The largest absolute Gasteiger partial charge is 0.476 e. The lowest BCUT2D eigenvalue weighted by Gasteiger charge is -2.19. The summed E-state index contributed by atoms with van der Waals surface area (Å²) in [4.78, 5) is 32.5. The number of fused-ring (bicyclic) bond motifs is 1. The Kier molecular flexibility index (Phi) is 5.86. The Bertz CT molecular complexity index is 1470.